The molecule has 0 aromatic heterocycles. The molecule has 1 aliphatic carbocycles. The molecule has 102 valence electrons. The highest BCUT2D eigenvalue weighted by Gasteiger charge is 2.44. The van der Waals surface area contributed by atoms with Crippen LogP contribution in [-0.2, 0) is 9.47 Å². The van der Waals surface area contributed by atoms with Gasteiger partial charge in [-0.3, -0.25) is 0 Å². The van der Waals surface area contributed by atoms with Crippen molar-refractivity contribution in [1.82, 2.24) is 0 Å². The van der Waals surface area contributed by atoms with Crippen molar-refractivity contribution < 1.29 is 9.47 Å². The Balaban J connectivity index is 1.76. The van der Waals surface area contributed by atoms with E-state index >= 15 is 0 Å². The molecule has 2 heteroatoms. The Kier molecular flexibility index (Phi) is 3.46. The Morgan fingerprint density at radius 3 is 2.68 bits per heavy atom. The van der Waals surface area contributed by atoms with Crippen molar-refractivity contribution in [1.29, 1.82) is 0 Å². The summed E-state index contributed by atoms with van der Waals surface area (Å²) in [7, 11) is 0. The first kappa shape index (κ1) is 12.9. The average Bonchev–Trinajstić information content (AvgIpc) is 2.83. The lowest BCUT2D eigenvalue weighted by atomic mass is 9.95. The third kappa shape index (κ3) is 2.90. The maximum Gasteiger partial charge on any atom is 0.163 e. The molecular formula is C17H22O2. The fourth-order valence-electron chi connectivity index (χ4n) is 3.24. The molecular weight excluding hydrogens is 236 g/mol. The number of ether oxygens (including phenoxy) is 2. The van der Waals surface area contributed by atoms with Gasteiger partial charge in [-0.2, -0.15) is 0 Å². The first-order valence-corrected chi connectivity index (χ1v) is 7.23. The second-order valence-corrected chi connectivity index (χ2v) is 6.00. The van der Waals surface area contributed by atoms with E-state index in [4.69, 9.17) is 9.47 Å². The highest BCUT2D eigenvalue weighted by atomic mass is 16.7. The van der Waals surface area contributed by atoms with Crippen LogP contribution < -0.4 is 0 Å². The smallest absolute Gasteiger partial charge is 0.163 e. The van der Waals surface area contributed by atoms with Crippen LogP contribution in [0.2, 0.25) is 0 Å². The van der Waals surface area contributed by atoms with E-state index in [1.807, 2.05) is 19.9 Å². The molecule has 2 aliphatic rings. The van der Waals surface area contributed by atoms with E-state index in [1.54, 1.807) is 0 Å². The third-order valence-corrected chi connectivity index (χ3v) is 4.06. The predicted molar refractivity (Wildman–Crippen MR) is 76.6 cm³/mol. The first-order chi connectivity index (χ1) is 9.14. The van der Waals surface area contributed by atoms with Crippen LogP contribution in [0.15, 0.2) is 36.4 Å². The van der Waals surface area contributed by atoms with Gasteiger partial charge in [-0.15, -0.1) is 0 Å². The molecule has 0 amide bonds. The number of hydrogen-bond acceptors (Lipinski definition) is 2. The van der Waals surface area contributed by atoms with E-state index in [2.05, 4.69) is 36.4 Å². The third-order valence-electron chi connectivity index (χ3n) is 4.06. The number of hydrogen-bond donors (Lipinski definition) is 0. The van der Waals surface area contributed by atoms with E-state index in [0.29, 0.717) is 12.0 Å². The number of benzene rings is 1. The van der Waals surface area contributed by atoms with Crippen molar-refractivity contribution in [2.24, 2.45) is 5.92 Å². The Hall–Kier alpha value is -1.12. The van der Waals surface area contributed by atoms with Crippen LogP contribution in [0.3, 0.4) is 0 Å². The van der Waals surface area contributed by atoms with Gasteiger partial charge in [0.15, 0.2) is 5.79 Å². The molecule has 1 aromatic carbocycles. The van der Waals surface area contributed by atoms with Crippen LogP contribution in [0.4, 0.5) is 0 Å². The van der Waals surface area contributed by atoms with Crippen LogP contribution in [-0.4, -0.2) is 18.0 Å². The van der Waals surface area contributed by atoms with Gasteiger partial charge in [0.1, 0.15) is 0 Å². The first-order valence-electron chi connectivity index (χ1n) is 7.23. The van der Waals surface area contributed by atoms with Crippen molar-refractivity contribution in [3.63, 3.8) is 0 Å². The fourth-order valence-corrected chi connectivity index (χ4v) is 3.24. The highest BCUT2D eigenvalue weighted by Crippen LogP contribution is 2.41. The molecule has 0 N–H and O–H groups in total. The topological polar surface area (TPSA) is 18.5 Å². The molecule has 1 aromatic rings. The second-order valence-electron chi connectivity index (χ2n) is 6.00. The lowest BCUT2D eigenvalue weighted by Crippen LogP contribution is -2.48. The molecule has 1 aliphatic heterocycles. The number of rotatable bonds is 2. The van der Waals surface area contributed by atoms with E-state index in [9.17, 15) is 0 Å². The normalized spacial score (nSPS) is 33.5. The van der Waals surface area contributed by atoms with Crippen LogP contribution >= 0.6 is 0 Å². The van der Waals surface area contributed by atoms with E-state index in [0.717, 1.165) is 0 Å². The van der Waals surface area contributed by atoms with Crippen molar-refractivity contribution in [2.75, 3.05) is 0 Å². The summed E-state index contributed by atoms with van der Waals surface area (Å²) in [5, 5.41) is 0. The summed E-state index contributed by atoms with van der Waals surface area (Å²) in [5.74, 6) is 0.0602. The zero-order valence-electron chi connectivity index (χ0n) is 11.7. The van der Waals surface area contributed by atoms with Crippen LogP contribution in [0.1, 0.15) is 38.7 Å². The minimum atomic E-state index is -0.461. The minimum Gasteiger partial charge on any atom is -0.347 e. The van der Waals surface area contributed by atoms with Crippen molar-refractivity contribution >= 4 is 6.08 Å². The standard InChI is InChI=1S/C17H22O2/c1-17(2)18-15-10-6-9-14(15)16(19-17)12-11-13-7-4-3-5-8-13/h3-5,7-8,11-12,14-16H,6,9-10H2,1-2H3/b12-11+/t14-,15+,16-/m0/s1. The van der Waals surface area contributed by atoms with E-state index < -0.39 is 5.79 Å². The molecule has 19 heavy (non-hydrogen) atoms. The second kappa shape index (κ2) is 5.10. The van der Waals surface area contributed by atoms with E-state index in [1.165, 1.54) is 24.8 Å². The zero-order chi connectivity index (χ0) is 13.3. The molecule has 0 radical (unpaired) electrons. The van der Waals surface area contributed by atoms with Crippen molar-refractivity contribution in [3.05, 3.63) is 42.0 Å². The Morgan fingerprint density at radius 1 is 1.11 bits per heavy atom. The van der Waals surface area contributed by atoms with Gasteiger partial charge in [-0.25, -0.2) is 0 Å². The maximum atomic E-state index is 6.10. The van der Waals surface area contributed by atoms with Crippen LogP contribution in [0, 0.1) is 5.92 Å². The summed E-state index contributed by atoms with van der Waals surface area (Å²) in [4.78, 5) is 0. The monoisotopic (exact) mass is 258 g/mol. The molecule has 1 heterocycles. The molecule has 0 unspecified atom stereocenters. The summed E-state index contributed by atoms with van der Waals surface area (Å²) < 4.78 is 12.1. The highest BCUT2D eigenvalue weighted by molar-refractivity contribution is 5.49. The van der Waals surface area contributed by atoms with Gasteiger partial charge in [0.2, 0.25) is 0 Å². The van der Waals surface area contributed by atoms with Crippen molar-refractivity contribution in [2.45, 2.75) is 51.1 Å². The number of fused-ring (bicyclic) bond motifs is 1. The summed E-state index contributed by atoms with van der Waals surface area (Å²) in [6.07, 6.45) is 8.57. The molecule has 2 nitrogen and oxygen atoms in total. The molecule has 3 rings (SSSR count). The SMILES string of the molecule is CC1(C)O[C@@H](/C=C/c2ccccc2)[C@H]2CCC[C@H]2O1. The zero-order valence-corrected chi connectivity index (χ0v) is 11.7. The molecule has 0 spiro atoms. The predicted octanol–water partition coefficient (Wildman–Crippen LogP) is 4.02. The van der Waals surface area contributed by atoms with Gasteiger partial charge in [-0.1, -0.05) is 48.9 Å². The molecule has 2 fully saturated rings. The van der Waals surface area contributed by atoms with Crippen LogP contribution in [0.25, 0.3) is 6.08 Å². The summed E-state index contributed by atoms with van der Waals surface area (Å²) in [6, 6.07) is 10.4. The molecule has 1 saturated heterocycles. The average molecular weight is 258 g/mol. The summed E-state index contributed by atoms with van der Waals surface area (Å²) >= 11 is 0. The van der Waals surface area contributed by atoms with Gasteiger partial charge >= 0.3 is 0 Å². The summed E-state index contributed by atoms with van der Waals surface area (Å²) in [5.41, 5.74) is 1.23. The van der Waals surface area contributed by atoms with Crippen molar-refractivity contribution in [3.8, 4) is 0 Å². The Labute approximate surface area is 115 Å². The molecule has 0 bridgehead atoms. The summed E-state index contributed by atoms with van der Waals surface area (Å²) in [6.45, 7) is 4.04. The Morgan fingerprint density at radius 2 is 1.89 bits per heavy atom. The fraction of sp³-hybridized carbons (Fsp3) is 0.529. The van der Waals surface area contributed by atoms with Crippen LogP contribution in [0.5, 0.6) is 0 Å². The quantitative estimate of drug-likeness (QED) is 0.797. The van der Waals surface area contributed by atoms with Gasteiger partial charge in [0.05, 0.1) is 12.2 Å². The molecule has 3 atom stereocenters. The molecule has 1 saturated carbocycles. The minimum absolute atomic E-state index is 0.177. The van der Waals surface area contributed by atoms with Gasteiger partial charge < -0.3 is 9.47 Å². The largest absolute Gasteiger partial charge is 0.347 e. The lowest BCUT2D eigenvalue weighted by Gasteiger charge is -2.42. The Bertz CT molecular complexity index is 450. The van der Waals surface area contributed by atoms with Gasteiger partial charge in [0, 0.05) is 5.92 Å². The lowest BCUT2D eigenvalue weighted by molar-refractivity contribution is -0.305. The van der Waals surface area contributed by atoms with E-state index in [-0.39, 0.29) is 6.10 Å². The van der Waals surface area contributed by atoms with Gasteiger partial charge in [0.25, 0.3) is 0 Å². The van der Waals surface area contributed by atoms with Gasteiger partial charge in [-0.05, 0) is 32.3 Å². The maximum absolute atomic E-state index is 6.10.